The molecule has 0 spiro atoms. The van der Waals surface area contributed by atoms with Gasteiger partial charge in [0, 0.05) is 39.4 Å². The van der Waals surface area contributed by atoms with Crippen LogP contribution in [-0.2, 0) is 7.05 Å². The fourth-order valence-corrected chi connectivity index (χ4v) is 2.90. The van der Waals surface area contributed by atoms with Crippen molar-refractivity contribution in [1.29, 1.82) is 0 Å². The lowest BCUT2D eigenvalue weighted by Gasteiger charge is -2.34. The highest BCUT2D eigenvalue weighted by Gasteiger charge is 2.24. The van der Waals surface area contributed by atoms with Crippen LogP contribution in [0.1, 0.15) is 16.2 Å². The molecular weight excluding hydrogens is 334 g/mol. The number of anilines is 1. The molecule has 0 atom stereocenters. The summed E-state index contributed by atoms with van der Waals surface area (Å²) in [6.07, 6.45) is 3.49. The van der Waals surface area contributed by atoms with Gasteiger partial charge < -0.3 is 9.80 Å². The number of nitrogens with zero attached hydrogens (tertiary/aromatic N) is 9. The van der Waals surface area contributed by atoms with Crippen LogP contribution >= 0.6 is 0 Å². The minimum absolute atomic E-state index is 0.0896. The third kappa shape index (κ3) is 3.13. The average Bonchev–Trinajstić information content (AvgIpc) is 3.30. The fourth-order valence-electron chi connectivity index (χ4n) is 2.90. The van der Waals surface area contributed by atoms with E-state index in [2.05, 4.69) is 30.5 Å². The molecular formula is C16H19N9O. The molecule has 4 heterocycles. The van der Waals surface area contributed by atoms with E-state index in [1.165, 1.54) is 4.68 Å². The van der Waals surface area contributed by atoms with Gasteiger partial charge in [-0.1, -0.05) is 5.21 Å². The van der Waals surface area contributed by atoms with E-state index in [-0.39, 0.29) is 5.91 Å². The third-order valence-electron chi connectivity index (χ3n) is 4.31. The highest BCUT2D eigenvalue weighted by molar-refractivity contribution is 5.92. The van der Waals surface area contributed by atoms with E-state index in [4.69, 9.17) is 0 Å². The minimum atomic E-state index is -0.0896. The van der Waals surface area contributed by atoms with Gasteiger partial charge in [0.05, 0.1) is 11.9 Å². The summed E-state index contributed by atoms with van der Waals surface area (Å²) in [5.41, 5.74) is 1.30. The maximum Gasteiger partial charge on any atom is 0.276 e. The van der Waals surface area contributed by atoms with Crippen molar-refractivity contribution in [3.63, 3.8) is 0 Å². The molecule has 0 N–H and O–H groups in total. The first-order valence-electron chi connectivity index (χ1n) is 8.37. The first-order chi connectivity index (χ1) is 12.6. The van der Waals surface area contributed by atoms with Gasteiger partial charge in [0.1, 0.15) is 0 Å². The number of rotatable bonds is 3. The summed E-state index contributed by atoms with van der Waals surface area (Å²) < 4.78 is 3.23. The highest BCUT2D eigenvalue weighted by atomic mass is 16.2. The molecule has 1 amide bonds. The Morgan fingerprint density at radius 2 is 1.73 bits per heavy atom. The molecule has 10 heteroatoms. The number of aryl methyl sites for hydroxylation is 2. The van der Waals surface area contributed by atoms with Gasteiger partial charge in [0.25, 0.3) is 5.91 Å². The van der Waals surface area contributed by atoms with Crippen LogP contribution in [0.4, 0.5) is 5.82 Å². The SMILES string of the molecule is Cc1ccn(-c2ccc(N3CCN(C(=O)c4cn(C)nn4)CC3)nn2)n1. The van der Waals surface area contributed by atoms with Crippen molar-refractivity contribution in [2.45, 2.75) is 6.92 Å². The lowest BCUT2D eigenvalue weighted by molar-refractivity contribution is 0.0740. The Kier molecular flexibility index (Phi) is 4.07. The zero-order valence-corrected chi connectivity index (χ0v) is 14.6. The van der Waals surface area contributed by atoms with Gasteiger partial charge in [0.2, 0.25) is 0 Å². The van der Waals surface area contributed by atoms with Crippen molar-refractivity contribution in [2.75, 3.05) is 31.1 Å². The molecule has 4 rings (SSSR count). The molecule has 10 nitrogen and oxygen atoms in total. The summed E-state index contributed by atoms with van der Waals surface area (Å²) >= 11 is 0. The Morgan fingerprint density at radius 3 is 2.31 bits per heavy atom. The van der Waals surface area contributed by atoms with Gasteiger partial charge in [-0.25, -0.2) is 4.68 Å². The average molecular weight is 353 g/mol. The molecule has 1 saturated heterocycles. The number of carbonyl (C=O) groups is 1. The van der Waals surface area contributed by atoms with Crippen LogP contribution in [-0.4, -0.2) is 72.0 Å². The van der Waals surface area contributed by atoms with Crippen LogP contribution in [0.3, 0.4) is 0 Å². The molecule has 134 valence electrons. The number of aromatic nitrogens is 7. The molecule has 0 radical (unpaired) electrons. The molecule has 3 aromatic heterocycles. The number of amides is 1. The van der Waals surface area contributed by atoms with E-state index in [1.807, 2.05) is 31.3 Å². The lowest BCUT2D eigenvalue weighted by atomic mass is 10.3. The van der Waals surface area contributed by atoms with Crippen LogP contribution in [0, 0.1) is 6.92 Å². The summed E-state index contributed by atoms with van der Waals surface area (Å²) in [6.45, 7) is 4.54. The number of carbonyl (C=O) groups excluding carboxylic acids is 1. The van der Waals surface area contributed by atoms with Gasteiger partial charge in [-0.3, -0.25) is 9.48 Å². The zero-order valence-electron chi connectivity index (χ0n) is 14.6. The molecule has 0 unspecified atom stereocenters. The molecule has 3 aromatic rings. The first-order valence-corrected chi connectivity index (χ1v) is 8.37. The monoisotopic (exact) mass is 353 g/mol. The van der Waals surface area contributed by atoms with Crippen molar-refractivity contribution in [3.05, 3.63) is 42.0 Å². The number of hydrogen-bond acceptors (Lipinski definition) is 7. The summed E-state index contributed by atoms with van der Waals surface area (Å²) in [4.78, 5) is 16.3. The van der Waals surface area contributed by atoms with Gasteiger partial charge >= 0.3 is 0 Å². The molecule has 0 bridgehead atoms. The van der Waals surface area contributed by atoms with E-state index < -0.39 is 0 Å². The van der Waals surface area contributed by atoms with E-state index in [0.717, 1.165) is 11.5 Å². The summed E-state index contributed by atoms with van der Waals surface area (Å²) in [5.74, 6) is 1.38. The summed E-state index contributed by atoms with van der Waals surface area (Å²) in [7, 11) is 1.74. The second-order valence-electron chi connectivity index (χ2n) is 6.21. The molecule has 0 aromatic carbocycles. The number of hydrogen-bond donors (Lipinski definition) is 0. The topological polar surface area (TPSA) is 97.9 Å². The predicted molar refractivity (Wildman–Crippen MR) is 93.0 cm³/mol. The predicted octanol–water partition coefficient (Wildman–Crippen LogP) is 0.0616. The number of piperazine rings is 1. The molecule has 1 aliphatic rings. The van der Waals surface area contributed by atoms with E-state index in [9.17, 15) is 4.79 Å². The van der Waals surface area contributed by atoms with Crippen LogP contribution in [0.5, 0.6) is 0 Å². The largest absolute Gasteiger partial charge is 0.352 e. The maximum atomic E-state index is 12.4. The van der Waals surface area contributed by atoms with Crippen molar-refractivity contribution in [2.24, 2.45) is 7.05 Å². The Balaban J connectivity index is 1.39. The quantitative estimate of drug-likeness (QED) is 0.657. The Bertz CT molecular complexity index is 906. The standard InChI is InChI=1S/C16H19N9O/c1-12-5-6-25(20-12)15-4-3-14(18-19-15)23-7-9-24(10-8-23)16(26)13-11-22(2)21-17-13/h3-6,11H,7-10H2,1-2H3. The van der Waals surface area contributed by atoms with Crippen molar-refractivity contribution in [1.82, 2.24) is 39.9 Å². The lowest BCUT2D eigenvalue weighted by Crippen LogP contribution is -2.49. The Hall–Kier alpha value is -3.30. The van der Waals surface area contributed by atoms with E-state index >= 15 is 0 Å². The van der Waals surface area contributed by atoms with Crippen molar-refractivity contribution in [3.8, 4) is 5.82 Å². The smallest absolute Gasteiger partial charge is 0.276 e. The maximum absolute atomic E-state index is 12.4. The van der Waals surface area contributed by atoms with Crippen LogP contribution in [0.25, 0.3) is 5.82 Å². The second-order valence-corrected chi connectivity index (χ2v) is 6.21. The molecule has 1 aliphatic heterocycles. The second kappa shape index (κ2) is 6.54. The van der Waals surface area contributed by atoms with Gasteiger partial charge in [0.15, 0.2) is 17.3 Å². The molecule has 0 aliphatic carbocycles. The fraction of sp³-hybridized carbons (Fsp3) is 0.375. The summed E-state index contributed by atoms with van der Waals surface area (Å²) in [6, 6.07) is 5.74. The third-order valence-corrected chi connectivity index (χ3v) is 4.31. The normalized spacial score (nSPS) is 14.7. The van der Waals surface area contributed by atoms with Gasteiger partial charge in [-0.2, -0.15) is 5.10 Å². The zero-order chi connectivity index (χ0) is 18.1. The molecule has 26 heavy (non-hydrogen) atoms. The Morgan fingerprint density at radius 1 is 1.00 bits per heavy atom. The summed E-state index contributed by atoms with van der Waals surface area (Å²) in [5, 5.41) is 20.6. The van der Waals surface area contributed by atoms with Crippen molar-refractivity contribution < 1.29 is 4.79 Å². The van der Waals surface area contributed by atoms with E-state index in [1.54, 1.807) is 22.8 Å². The first kappa shape index (κ1) is 16.2. The van der Waals surface area contributed by atoms with Gasteiger partial charge in [-0.15, -0.1) is 15.3 Å². The minimum Gasteiger partial charge on any atom is -0.352 e. The van der Waals surface area contributed by atoms with Crippen LogP contribution in [0.15, 0.2) is 30.6 Å². The van der Waals surface area contributed by atoms with Crippen LogP contribution < -0.4 is 4.90 Å². The van der Waals surface area contributed by atoms with E-state index in [0.29, 0.717) is 37.7 Å². The highest BCUT2D eigenvalue weighted by Crippen LogP contribution is 2.15. The Labute approximate surface area is 150 Å². The van der Waals surface area contributed by atoms with Crippen LogP contribution in [0.2, 0.25) is 0 Å². The molecule has 0 saturated carbocycles. The molecule has 1 fully saturated rings. The van der Waals surface area contributed by atoms with Crippen molar-refractivity contribution >= 4 is 11.7 Å². The van der Waals surface area contributed by atoms with Gasteiger partial charge in [-0.05, 0) is 25.1 Å².